The molecule has 0 aliphatic carbocycles. The Morgan fingerprint density at radius 1 is 1.40 bits per heavy atom. The third-order valence-electron chi connectivity index (χ3n) is 2.80. The van der Waals surface area contributed by atoms with Gasteiger partial charge in [0.1, 0.15) is 0 Å². The van der Waals surface area contributed by atoms with Crippen molar-refractivity contribution in [1.82, 2.24) is 5.32 Å². The normalized spacial score (nSPS) is 14.1. The maximum absolute atomic E-state index is 5.07. The molecule has 0 bridgehead atoms. The van der Waals surface area contributed by atoms with Gasteiger partial charge in [0.05, 0.1) is 12.5 Å². The van der Waals surface area contributed by atoms with E-state index < -0.39 is 0 Å². The highest BCUT2D eigenvalue weighted by Crippen LogP contribution is 2.23. The maximum atomic E-state index is 5.07. The Morgan fingerprint density at radius 3 is 2.60 bits per heavy atom. The van der Waals surface area contributed by atoms with Gasteiger partial charge in [0, 0.05) is 6.04 Å². The summed E-state index contributed by atoms with van der Waals surface area (Å²) < 4.78 is 5.07. The molecule has 0 spiro atoms. The predicted molar refractivity (Wildman–Crippen MR) is 63.9 cm³/mol. The average molecular weight is 209 g/mol. The number of hydrogen-bond donors (Lipinski definition) is 1. The lowest BCUT2D eigenvalue weighted by atomic mass is 9.83. The minimum Gasteiger partial charge on any atom is -0.472 e. The van der Waals surface area contributed by atoms with Crippen LogP contribution in [-0.2, 0) is 6.42 Å². The molecule has 0 fully saturated rings. The molecule has 1 rings (SSSR count). The highest BCUT2D eigenvalue weighted by atomic mass is 16.3. The lowest BCUT2D eigenvalue weighted by molar-refractivity contribution is 0.258. The molecule has 1 aromatic rings. The Kier molecular flexibility index (Phi) is 4.40. The zero-order valence-electron chi connectivity index (χ0n) is 10.3. The van der Waals surface area contributed by atoms with E-state index in [1.807, 2.05) is 12.3 Å². The largest absolute Gasteiger partial charge is 0.472 e. The summed E-state index contributed by atoms with van der Waals surface area (Å²) in [7, 11) is 0. The van der Waals surface area contributed by atoms with E-state index in [2.05, 4.69) is 33.0 Å². The Balaban J connectivity index is 2.45. The minimum atomic E-state index is 0.319. The van der Waals surface area contributed by atoms with E-state index in [-0.39, 0.29) is 0 Å². The summed E-state index contributed by atoms with van der Waals surface area (Å²) in [5.74, 6) is 0. The molecule has 15 heavy (non-hydrogen) atoms. The monoisotopic (exact) mass is 209 g/mol. The third-order valence-corrected chi connectivity index (χ3v) is 2.80. The van der Waals surface area contributed by atoms with Crippen LogP contribution in [0.4, 0.5) is 0 Å². The van der Waals surface area contributed by atoms with Crippen LogP contribution in [0.1, 0.15) is 39.7 Å². The summed E-state index contributed by atoms with van der Waals surface area (Å²) in [6.07, 6.45) is 5.84. The summed E-state index contributed by atoms with van der Waals surface area (Å²) in [4.78, 5) is 0. The van der Waals surface area contributed by atoms with Crippen molar-refractivity contribution in [3.63, 3.8) is 0 Å². The Morgan fingerprint density at radius 2 is 2.13 bits per heavy atom. The van der Waals surface area contributed by atoms with Crippen LogP contribution >= 0.6 is 0 Å². The fraction of sp³-hybridized carbons (Fsp3) is 0.692. The van der Waals surface area contributed by atoms with Gasteiger partial charge in [-0.1, -0.05) is 27.7 Å². The van der Waals surface area contributed by atoms with E-state index in [1.165, 1.54) is 5.56 Å². The number of nitrogens with one attached hydrogen (secondary N) is 1. The number of rotatable bonds is 5. The summed E-state index contributed by atoms with van der Waals surface area (Å²) in [5.41, 5.74) is 1.61. The Labute approximate surface area is 93.1 Å². The van der Waals surface area contributed by atoms with Crippen LogP contribution in [0, 0.1) is 5.41 Å². The Bertz CT molecular complexity index is 259. The topological polar surface area (TPSA) is 25.2 Å². The van der Waals surface area contributed by atoms with Crippen LogP contribution in [0.25, 0.3) is 0 Å². The van der Waals surface area contributed by atoms with Crippen LogP contribution in [-0.4, -0.2) is 12.6 Å². The minimum absolute atomic E-state index is 0.319. The summed E-state index contributed by atoms with van der Waals surface area (Å²) in [6, 6.07) is 2.61. The fourth-order valence-electron chi connectivity index (χ4n) is 1.83. The van der Waals surface area contributed by atoms with E-state index in [1.54, 1.807) is 6.26 Å². The van der Waals surface area contributed by atoms with Gasteiger partial charge in [-0.15, -0.1) is 0 Å². The van der Waals surface area contributed by atoms with Gasteiger partial charge in [-0.25, -0.2) is 0 Å². The van der Waals surface area contributed by atoms with E-state index in [9.17, 15) is 0 Å². The molecular formula is C13H23NO. The fourth-order valence-corrected chi connectivity index (χ4v) is 1.83. The lowest BCUT2D eigenvalue weighted by Crippen LogP contribution is -2.40. The van der Waals surface area contributed by atoms with E-state index >= 15 is 0 Å². The van der Waals surface area contributed by atoms with Crippen LogP contribution in [0.5, 0.6) is 0 Å². The first-order valence-electron chi connectivity index (χ1n) is 5.78. The van der Waals surface area contributed by atoms with Crippen molar-refractivity contribution < 1.29 is 4.42 Å². The molecule has 0 saturated carbocycles. The first-order chi connectivity index (χ1) is 7.04. The summed E-state index contributed by atoms with van der Waals surface area (Å²) >= 11 is 0. The van der Waals surface area contributed by atoms with Gasteiger partial charge < -0.3 is 9.73 Å². The number of aryl methyl sites for hydroxylation is 1. The second-order valence-corrected chi connectivity index (χ2v) is 5.15. The van der Waals surface area contributed by atoms with Gasteiger partial charge in [0.15, 0.2) is 0 Å². The number of furan rings is 1. The first-order valence-corrected chi connectivity index (χ1v) is 5.78. The highest BCUT2D eigenvalue weighted by Gasteiger charge is 2.23. The highest BCUT2D eigenvalue weighted by molar-refractivity contribution is 5.05. The zero-order valence-corrected chi connectivity index (χ0v) is 10.3. The number of hydrogen-bond acceptors (Lipinski definition) is 2. The van der Waals surface area contributed by atoms with Crippen molar-refractivity contribution in [2.24, 2.45) is 5.41 Å². The standard InChI is InChI=1S/C13H23NO/c1-5-14-12(13(2,3)4)7-6-11-8-9-15-10-11/h8-10,12,14H,5-7H2,1-4H3. The van der Waals surface area contributed by atoms with Gasteiger partial charge in [0.25, 0.3) is 0 Å². The SMILES string of the molecule is CCNC(CCc1ccoc1)C(C)(C)C. The average Bonchev–Trinajstić information content (AvgIpc) is 2.62. The summed E-state index contributed by atoms with van der Waals surface area (Å²) in [6.45, 7) is 10.1. The molecule has 2 heteroatoms. The van der Waals surface area contributed by atoms with Crippen molar-refractivity contribution in [2.45, 2.75) is 46.6 Å². The lowest BCUT2D eigenvalue weighted by Gasteiger charge is -2.31. The molecular weight excluding hydrogens is 186 g/mol. The van der Waals surface area contributed by atoms with Crippen LogP contribution in [0.2, 0.25) is 0 Å². The van der Waals surface area contributed by atoms with Crippen LogP contribution in [0.3, 0.4) is 0 Å². The molecule has 1 N–H and O–H groups in total. The molecule has 1 aromatic heterocycles. The van der Waals surface area contributed by atoms with Gasteiger partial charge in [-0.2, -0.15) is 0 Å². The van der Waals surface area contributed by atoms with Gasteiger partial charge in [0.2, 0.25) is 0 Å². The van der Waals surface area contributed by atoms with Crippen LogP contribution in [0.15, 0.2) is 23.0 Å². The van der Waals surface area contributed by atoms with Crippen LogP contribution < -0.4 is 5.32 Å². The van der Waals surface area contributed by atoms with E-state index in [4.69, 9.17) is 4.42 Å². The van der Waals surface area contributed by atoms with Crippen molar-refractivity contribution in [3.05, 3.63) is 24.2 Å². The molecule has 2 nitrogen and oxygen atoms in total. The Hall–Kier alpha value is -0.760. The van der Waals surface area contributed by atoms with Gasteiger partial charge in [-0.05, 0) is 36.4 Å². The molecule has 86 valence electrons. The molecule has 0 aromatic carbocycles. The molecule has 0 saturated heterocycles. The maximum Gasteiger partial charge on any atom is 0.0934 e. The first kappa shape index (κ1) is 12.3. The van der Waals surface area contributed by atoms with Crippen molar-refractivity contribution in [3.8, 4) is 0 Å². The second kappa shape index (κ2) is 5.36. The molecule has 0 amide bonds. The van der Waals surface area contributed by atoms with Gasteiger partial charge >= 0.3 is 0 Å². The molecule has 0 aliphatic rings. The molecule has 0 radical (unpaired) electrons. The molecule has 1 atom stereocenters. The van der Waals surface area contributed by atoms with E-state index in [0.29, 0.717) is 11.5 Å². The van der Waals surface area contributed by atoms with Crippen molar-refractivity contribution in [2.75, 3.05) is 6.54 Å². The van der Waals surface area contributed by atoms with Gasteiger partial charge in [-0.3, -0.25) is 0 Å². The van der Waals surface area contributed by atoms with E-state index in [0.717, 1.165) is 19.4 Å². The predicted octanol–water partition coefficient (Wildman–Crippen LogP) is 3.24. The zero-order chi connectivity index (χ0) is 11.3. The van der Waals surface area contributed by atoms with Crippen molar-refractivity contribution >= 4 is 0 Å². The second-order valence-electron chi connectivity index (χ2n) is 5.15. The third kappa shape index (κ3) is 4.08. The van der Waals surface area contributed by atoms with Crippen molar-refractivity contribution in [1.29, 1.82) is 0 Å². The quantitative estimate of drug-likeness (QED) is 0.805. The summed E-state index contributed by atoms with van der Waals surface area (Å²) in [5, 5.41) is 3.55. The molecule has 0 aliphatic heterocycles. The molecule has 1 unspecified atom stereocenters. The smallest absolute Gasteiger partial charge is 0.0934 e. The molecule has 1 heterocycles.